The van der Waals surface area contributed by atoms with E-state index in [-0.39, 0.29) is 18.6 Å². The Morgan fingerprint density at radius 1 is 1.21 bits per heavy atom. The van der Waals surface area contributed by atoms with Gasteiger partial charge in [0.2, 0.25) is 0 Å². The number of likely N-dealkylation sites (N-methyl/N-ethyl adjacent to an activating group) is 1. The van der Waals surface area contributed by atoms with Crippen molar-refractivity contribution in [2.75, 3.05) is 82.7 Å². The molecular weight excluding hydrogens is 453 g/mol. The quantitative estimate of drug-likeness (QED) is 0.116. The van der Waals surface area contributed by atoms with Crippen LogP contribution in [0.1, 0.15) is 27.2 Å². The van der Waals surface area contributed by atoms with Crippen LogP contribution >= 0.6 is 8.15 Å². The maximum absolute atomic E-state index is 9.65. The molecule has 0 aliphatic heterocycles. The highest BCUT2D eigenvalue weighted by Crippen LogP contribution is 2.34. The minimum Gasteiger partial charge on any atom is -0.461 e. The first-order valence-corrected chi connectivity index (χ1v) is 13.3. The van der Waals surface area contributed by atoms with Crippen LogP contribution in [0.4, 0.5) is 17.3 Å². The molecule has 1 atom stereocenters. The van der Waals surface area contributed by atoms with Crippen molar-refractivity contribution in [3.05, 3.63) is 35.5 Å². The molecule has 1 aromatic heterocycles. The van der Waals surface area contributed by atoms with Crippen LogP contribution in [-0.2, 0) is 9.26 Å². The van der Waals surface area contributed by atoms with Crippen LogP contribution < -0.4 is 20.3 Å². The number of aromatic nitrogens is 2. The molecule has 10 heteroatoms. The minimum atomic E-state index is -0.420. The molecule has 0 aliphatic carbocycles. The van der Waals surface area contributed by atoms with Gasteiger partial charge in [0, 0.05) is 48.7 Å². The molecule has 192 valence electrons. The van der Waals surface area contributed by atoms with Crippen molar-refractivity contribution in [3.63, 3.8) is 0 Å². The van der Waals surface area contributed by atoms with E-state index < -0.39 is 8.15 Å². The lowest BCUT2D eigenvalue weighted by Crippen LogP contribution is -2.28. The number of allylic oxidation sites excluding steroid dienone is 5. The van der Waals surface area contributed by atoms with E-state index in [1.165, 1.54) is 11.1 Å². The predicted octanol–water partition coefficient (Wildman–Crippen LogP) is 3.81. The zero-order valence-electron chi connectivity index (χ0n) is 21.7. The van der Waals surface area contributed by atoms with Gasteiger partial charge in [-0.3, -0.25) is 0 Å². The Morgan fingerprint density at radius 3 is 2.56 bits per heavy atom. The molecule has 0 amide bonds. The zero-order chi connectivity index (χ0) is 25.5. The second-order valence-electron chi connectivity index (χ2n) is 7.86. The van der Waals surface area contributed by atoms with Gasteiger partial charge in [-0.15, -0.1) is 0 Å². The number of ether oxygens (including phenoxy) is 2. The lowest BCUT2D eigenvalue weighted by Gasteiger charge is -2.27. The number of nitrogens with two attached hydrogens (primary N) is 1. The second-order valence-corrected chi connectivity index (χ2v) is 9.69. The lowest BCUT2D eigenvalue weighted by molar-refractivity contribution is 0.141. The fraction of sp³-hybridized carbons (Fsp3) is 0.583. The first-order chi connectivity index (χ1) is 16.3. The Hall–Kier alpha value is -2.19. The third-order valence-electron chi connectivity index (χ3n) is 4.89. The molecule has 0 saturated heterocycles. The van der Waals surface area contributed by atoms with Gasteiger partial charge in [0.15, 0.2) is 11.6 Å². The molecule has 0 aromatic carbocycles. The number of aliphatic hydroxyl groups excluding tert-OH is 1. The van der Waals surface area contributed by atoms with E-state index in [1.54, 1.807) is 19.1 Å². The van der Waals surface area contributed by atoms with Gasteiger partial charge in [0.25, 0.3) is 0 Å². The highest BCUT2D eigenvalue weighted by molar-refractivity contribution is 7.51. The van der Waals surface area contributed by atoms with Crippen LogP contribution in [0.25, 0.3) is 0 Å². The summed E-state index contributed by atoms with van der Waals surface area (Å²) in [6.07, 6.45) is 10.5. The number of nitrogen functional groups attached to an aromatic ring is 1. The number of hydrogen-bond acceptors (Lipinski definition) is 9. The summed E-state index contributed by atoms with van der Waals surface area (Å²) in [5, 5.41) is 9.65. The minimum absolute atomic E-state index is 0.179. The normalized spacial score (nSPS) is 13.4. The number of hydrogen-bond donors (Lipinski definition) is 2. The van der Waals surface area contributed by atoms with E-state index in [1.807, 2.05) is 18.9 Å². The van der Waals surface area contributed by atoms with Crippen molar-refractivity contribution < 1.29 is 19.1 Å². The van der Waals surface area contributed by atoms with Gasteiger partial charge in [0.1, 0.15) is 19.0 Å². The van der Waals surface area contributed by atoms with Crippen molar-refractivity contribution in [1.29, 1.82) is 0 Å². The van der Waals surface area contributed by atoms with Gasteiger partial charge in [-0.25, -0.2) is 0 Å². The number of anilines is 3. The van der Waals surface area contributed by atoms with Crippen molar-refractivity contribution in [2.45, 2.75) is 27.2 Å². The van der Waals surface area contributed by atoms with Gasteiger partial charge >= 0.3 is 6.01 Å². The standard InChI is InChI=1S/C24H42N5O4P/c1-8-20(17-34(7)33-9-2)13-11-10-12-19(3)16-28(4)23-21(29(5)18-30)22(25)26-24(27-23)32-15-14-31-6/h8,11-13,30H,9-10,14-18H2,1-7H3,(H2,25,26,27)/b13-11?,19-12+,20-8+. The summed E-state index contributed by atoms with van der Waals surface area (Å²) in [5.41, 5.74) is 9.21. The second kappa shape index (κ2) is 16.4. The van der Waals surface area contributed by atoms with Crippen molar-refractivity contribution in [3.8, 4) is 6.01 Å². The Kier molecular flexibility index (Phi) is 14.4. The third-order valence-corrected chi connectivity index (χ3v) is 6.40. The largest absolute Gasteiger partial charge is 0.461 e. The Balaban J connectivity index is 2.91. The summed E-state index contributed by atoms with van der Waals surface area (Å²) in [4.78, 5) is 12.3. The summed E-state index contributed by atoms with van der Waals surface area (Å²) in [5.74, 6) is 0.829. The average Bonchev–Trinajstić information content (AvgIpc) is 2.80. The average molecular weight is 496 g/mol. The number of nitrogens with zero attached hydrogens (tertiary/aromatic N) is 4. The maximum Gasteiger partial charge on any atom is 0.320 e. The van der Waals surface area contributed by atoms with Crippen molar-refractivity contribution >= 4 is 25.5 Å². The number of rotatable bonds is 16. The summed E-state index contributed by atoms with van der Waals surface area (Å²) in [7, 11) is 4.84. The molecule has 34 heavy (non-hydrogen) atoms. The van der Waals surface area contributed by atoms with Crippen LogP contribution in [0.15, 0.2) is 35.5 Å². The molecule has 0 radical (unpaired) electrons. The van der Waals surface area contributed by atoms with Gasteiger partial charge in [-0.1, -0.05) is 29.9 Å². The molecule has 0 aliphatic rings. The van der Waals surface area contributed by atoms with Crippen LogP contribution in [-0.4, -0.2) is 82.2 Å². The molecule has 0 spiro atoms. The van der Waals surface area contributed by atoms with Gasteiger partial charge in [-0.2, -0.15) is 9.97 Å². The van der Waals surface area contributed by atoms with E-state index >= 15 is 0 Å². The summed E-state index contributed by atoms with van der Waals surface area (Å²) < 4.78 is 16.3. The molecule has 1 rings (SSSR count). The van der Waals surface area contributed by atoms with E-state index in [0.717, 1.165) is 19.2 Å². The van der Waals surface area contributed by atoms with E-state index in [2.05, 4.69) is 54.8 Å². The molecule has 3 N–H and O–H groups in total. The van der Waals surface area contributed by atoms with Crippen molar-refractivity contribution in [2.24, 2.45) is 0 Å². The SMILES string of the molecule is C/C=C(\C=CC/C=C(\C)CN(C)c1nc(OCCOC)nc(N)c1N(C)CO)CP(C)OCC. The molecule has 9 nitrogen and oxygen atoms in total. The fourth-order valence-corrected chi connectivity index (χ4v) is 4.52. The fourth-order valence-electron chi connectivity index (χ4n) is 3.19. The topological polar surface area (TPSA) is 106 Å². The number of aliphatic hydroxyl groups is 1. The molecule has 1 aromatic rings. The predicted molar refractivity (Wildman–Crippen MR) is 143 cm³/mol. The van der Waals surface area contributed by atoms with Crippen molar-refractivity contribution in [1.82, 2.24) is 9.97 Å². The molecule has 1 heterocycles. The van der Waals surface area contributed by atoms with E-state index in [0.29, 0.717) is 31.3 Å². The van der Waals surface area contributed by atoms with E-state index in [9.17, 15) is 5.11 Å². The Morgan fingerprint density at radius 2 is 1.94 bits per heavy atom. The highest BCUT2D eigenvalue weighted by atomic mass is 31.1. The van der Waals surface area contributed by atoms with Gasteiger partial charge in [-0.05, 0) is 39.4 Å². The Bertz CT molecular complexity index is 832. The molecule has 0 saturated carbocycles. The van der Waals surface area contributed by atoms with Gasteiger partial charge in [0.05, 0.1) is 6.61 Å². The van der Waals surface area contributed by atoms with Crippen LogP contribution in [0, 0.1) is 0 Å². The molecule has 0 fully saturated rings. The molecule has 0 bridgehead atoms. The monoisotopic (exact) mass is 495 g/mol. The molecular formula is C24H42N5O4P. The summed E-state index contributed by atoms with van der Waals surface area (Å²) in [6, 6.07) is 0.179. The van der Waals surface area contributed by atoms with Gasteiger partial charge < -0.3 is 34.6 Å². The summed E-state index contributed by atoms with van der Waals surface area (Å²) >= 11 is 0. The van der Waals surface area contributed by atoms with Crippen LogP contribution in [0.3, 0.4) is 0 Å². The Labute approximate surface area is 206 Å². The first-order valence-electron chi connectivity index (χ1n) is 11.4. The van der Waals surface area contributed by atoms with Crippen LogP contribution in [0.2, 0.25) is 0 Å². The first kappa shape index (κ1) is 29.8. The smallest absolute Gasteiger partial charge is 0.320 e. The lowest BCUT2D eigenvalue weighted by atomic mass is 10.2. The van der Waals surface area contributed by atoms with E-state index in [4.69, 9.17) is 19.7 Å². The number of methoxy groups -OCH3 is 1. The highest BCUT2D eigenvalue weighted by Gasteiger charge is 2.20. The van der Waals surface area contributed by atoms with Crippen LogP contribution in [0.5, 0.6) is 6.01 Å². The zero-order valence-corrected chi connectivity index (χ0v) is 22.6. The summed E-state index contributed by atoms with van der Waals surface area (Å²) in [6.45, 7) is 10.2. The third kappa shape index (κ3) is 10.4. The maximum atomic E-state index is 9.65. The molecule has 1 unspecified atom stereocenters.